The van der Waals surface area contributed by atoms with Crippen molar-refractivity contribution < 1.29 is 13.6 Å². The molecule has 116 valence electrons. The van der Waals surface area contributed by atoms with Gasteiger partial charge in [-0.25, -0.2) is 0 Å². The number of rotatable bonds is 12. The summed E-state index contributed by atoms with van der Waals surface area (Å²) in [6.45, 7) is 15.4. The molecule has 0 saturated carbocycles. The fourth-order valence-electron chi connectivity index (χ4n) is 1.20. The van der Waals surface area contributed by atoms with Crippen molar-refractivity contribution >= 4 is 8.60 Å². The molecule has 0 aliphatic carbocycles. The fourth-order valence-corrected chi connectivity index (χ4v) is 2.19. The second kappa shape index (κ2) is 12.1. The van der Waals surface area contributed by atoms with Crippen molar-refractivity contribution in [2.45, 2.75) is 60.8 Å². The van der Waals surface area contributed by atoms with Gasteiger partial charge in [0.25, 0.3) is 0 Å². The molecule has 0 aromatic rings. The zero-order valence-electron chi connectivity index (χ0n) is 13.6. The van der Waals surface area contributed by atoms with Crippen molar-refractivity contribution in [3.8, 4) is 0 Å². The Morgan fingerprint density at radius 2 is 0.842 bits per heavy atom. The van der Waals surface area contributed by atoms with Crippen LogP contribution in [0.4, 0.5) is 0 Å². The smallest absolute Gasteiger partial charge is 0.312 e. The maximum absolute atomic E-state index is 5.74. The first-order valence-electron chi connectivity index (χ1n) is 7.60. The summed E-state index contributed by atoms with van der Waals surface area (Å²) in [5.74, 6) is 1.97. The van der Waals surface area contributed by atoms with Gasteiger partial charge in [-0.15, -0.1) is 0 Å². The zero-order chi connectivity index (χ0) is 14.7. The third kappa shape index (κ3) is 14.5. The Labute approximate surface area is 121 Å². The molecular formula is C15H33O3P. The maximum Gasteiger partial charge on any atom is 0.332 e. The Hall–Kier alpha value is 0.310. The quantitative estimate of drug-likeness (QED) is 0.451. The molecule has 0 radical (unpaired) electrons. The minimum Gasteiger partial charge on any atom is -0.312 e. The molecule has 0 atom stereocenters. The molecule has 0 fully saturated rings. The monoisotopic (exact) mass is 292 g/mol. The molecule has 0 heterocycles. The highest BCUT2D eigenvalue weighted by molar-refractivity contribution is 7.41. The standard InChI is InChI=1S/C15H33O3P/c1-13(2)7-10-16-19(17-11-8-14(3)4)18-12-9-15(5)6/h13-15H,7-12H2,1-6H3. The third-order valence-electron chi connectivity index (χ3n) is 2.68. The van der Waals surface area contributed by atoms with Gasteiger partial charge in [-0.2, -0.15) is 0 Å². The first kappa shape index (κ1) is 19.3. The van der Waals surface area contributed by atoms with E-state index in [4.69, 9.17) is 13.6 Å². The number of hydrogen-bond acceptors (Lipinski definition) is 3. The minimum absolute atomic E-state index is 0.656. The summed E-state index contributed by atoms with van der Waals surface area (Å²) in [7, 11) is -1.15. The number of hydrogen-bond donors (Lipinski definition) is 0. The van der Waals surface area contributed by atoms with Crippen LogP contribution in [0, 0.1) is 17.8 Å². The van der Waals surface area contributed by atoms with Gasteiger partial charge in [0.2, 0.25) is 0 Å². The molecule has 0 N–H and O–H groups in total. The van der Waals surface area contributed by atoms with Crippen LogP contribution in [0.2, 0.25) is 0 Å². The Kier molecular flexibility index (Phi) is 12.3. The van der Waals surface area contributed by atoms with Crippen molar-refractivity contribution in [2.24, 2.45) is 17.8 Å². The van der Waals surface area contributed by atoms with Gasteiger partial charge in [0.05, 0.1) is 19.8 Å². The highest BCUT2D eigenvalue weighted by Gasteiger charge is 2.13. The van der Waals surface area contributed by atoms with E-state index in [0.29, 0.717) is 17.8 Å². The molecule has 0 spiro atoms. The minimum atomic E-state index is -1.15. The second-order valence-electron chi connectivity index (χ2n) is 6.27. The van der Waals surface area contributed by atoms with Crippen molar-refractivity contribution in [1.82, 2.24) is 0 Å². The first-order chi connectivity index (χ1) is 8.91. The van der Waals surface area contributed by atoms with Gasteiger partial charge in [0, 0.05) is 0 Å². The van der Waals surface area contributed by atoms with E-state index < -0.39 is 8.60 Å². The van der Waals surface area contributed by atoms with E-state index in [1.165, 1.54) is 0 Å². The Morgan fingerprint density at radius 1 is 0.579 bits per heavy atom. The van der Waals surface area contributed by atoms with Crippen LogP contribution < -0.4 is 0 Å². The van der Waals surface area contributed by atoms with Gasteiger partial charge in [-0.3, -0.25) is 0 Å². The summed E-state index contributed by atoms with van der Waals surface area (Å²) >= 11 is 0. The van der Waals surface area contributed by atoms with E-state index in [-0.39, 0.29) is 0 Å². The van der Waals surface area contributed by atoms with Crippen molar-refractivity contribution in [2.75, 3.05) is 19.8 Å². The van der Waals surface area contributed by atoms with E-state index in [1.807, 2.05) is 0 Å². The van der Waals surface area contributed by atoms with Crippen LogP contribution in [0.25, 0.3) is 0 Å². The summed E-state index contributed by atoms with van der Waals surface area (Å²) in [5, 5.41) is 0. The normalized spacial score (nSPS) is 12.3. The van der Waals surface area contributed by atoms with Crippen LogP contribution in [-0.4, -0.2) is 19.8 Å². The first-order valence-corrected chi connectivity index (χ1v) is 8.70. The molecule has 0 amide bonds. The second-order valence-corrected chi connectivity index (χ2v) is 7.49. The Morgan fingerprint density at radius 3 is 1.05 bits per heavy atom. The van der Waals surface area contributed by atoms with Gasteiger partial charge in [-0.05, 0) is 37.0 Å². The lowest BCUT2D eigenvalue weighted by Gasteiger charge is -2.18. The molecule has 19 heavy (non-hydrogen) atoms. The molecular weight excluding hydrogens is 259 g/mol. The largest absolute Gasteiger partial charge is 0.332 e. The SMILES string of the molecule is CC(C)CCOP(OCCC(C)C)OCCC(C)C. The van der Waals surface area contributed by atoms with Gasteiger partial charge >= 0.3 is 8.60 Å². The van der Waals surface area contributed by atoms with Crippen LogP contribution in [0.3, 0.4) is 0 Å². The molecule has 4 heteroatoms. The highest BCUT2D eigenvalue weighted by Crippen LogP contribution is 2.40. The molecule has 0 bridgehead atoms. The van der Waals surface area contributed by atoms with Crippen molar-refractivity contribution in [1.29, 1.82) is 0 Å². The zero-order valence-corrected chi connectivity index (χ0v) is 14.5. The third-order valence-corrected chi connectivity index (χ3v) is 3.86. The van der Waals surface area contributed by atoms with E-state index in [0.717, 1.165) is 39.1 Å². The highest BCUT2D eigenvalue weighted by atomic mass is 31.2. The van der Waals surface area contributed by atoms with Gasteiger partial charge in [0.15, 0.2) is 0 Å². The molecule has 0 aliphatic heterocycles. The van der Waals surface area contributed by atoms with Crippen LogP contribution in [0.15, 0.2) is 0 Å². The molecule has 0 aliphatic rings. The maximum atomic E-state index is 5.74. The van der Waals surface area contributed by atoms with Crippen LogP contribution in [0.5, 0.6) is 0 Å². The molecule has 0 unspecified atom stereocenters. The molecule has 3 nitrogen and oxygen atoms in total. The van der Waals surface area contributed by atoms with Gasteiger partial charge in [-0.1, -0.05) is 41.5 Å². The summed E-state index contributed by atoms with van der Waals surface area (Å²) in [4.78, 5) is 0. The Bertz CT molecular complexity index is 163. The Balaban J connectivity index is 3.85. The van der Waals surface area contributed by atoms with E-state index >= 15 is 0 Å². The van der Waals surface area contributed by atoms with Crippen LogP contribution in [-0.2, 0) is 13.6 Å². The van der Waals surface area contributed by atoms with Crippen molar-refractivity contribution in [3.63, 3.8) is 0 Å². The predicted molar refractivity (Wildman–Crippen MR) is 83.1 cm³/mol. The van der Waals surface area contributed by atoms with E-state index in [2.05, 4.69) is 41.5 Å². The summed E-state index contributed by atoms with van der Waals surface area (Å²) in [6.07, 6.45) is 3.17. The van der Waals surface area contributed by atoms with Crippen LogP contribution >= 0.6 is 8.60 Å². The topological polar surface area (TPSA) is 27.7 Å². The fraction of sp³-hybridized carbons (Fsp3) is 1.00. The lowest BCUT2D eigenvalue weighted by atomic mass is 10.2. The summed E-state index contributed by atoms with van der Waals surface area (Å²) in [6, 6.07) is 0. The summed E-state index contributed by atoms with van der Waals surface area (Å²) in [5.41, 5.74) is 0. The van der Waals surface area contributed by atoms with Gasteiger partial charge < -0.3 is 13.6 Å². The van der Waals surface area contributed by atoms with Gasteiger partial charge in [0.1, 0.15) is 0 Å². The van der Waals surface area contributed by atoms with E-state index in [9.17, 15) is 0 Å². The lowest BCUT2D eigenvalue weighted by Crippen LogP contribution is -2.04. The lowest BCUT2D eigenvalue weighted by molar-refractivity contribution is 0.146. The summed E-state index contributed by atoms with van der Waals surface area (Å²) < 4.78 is 17.2. The molecule has 0 aromatic carbocycles. The molecule has 0 rings (SSSR count). The van der Waals surface area contributed by atoms with E-state index in [1.54, 1.807) is 0 Å². The van der Waals surface area contributed by atoms with Crippen LogP contribution in [0.1, 0.15) is 60.8 Å². The molecule has 0 aromatic heterocycles. The average molecular weight is 292 g/mol. The average Bonchev–Trinajstić information content (AvgIpc) is 2.26. The molecule has 0 saturated heterocycles. The predicted octanol–water partition coefficient (Wildman–Crippen LogP) is 5.40. The van der Waals surface area contributed by atoms with Crippen molar-refractivity contribution in [3.05, 3.63) is 0 Å².